The highest BCUT2D eigenvalue weighted by atomic mass is 19.4. The number of hydrogen-bond acceptors (Lipinski definition) is 5. The molecule has 8 heteroatoms. The van der Waals surface area contributed by atoms with Crippen LogP contribution >= 0.6 is 0 Å². The molecule has 5 nitrogen and oxygen atoms in total. The van der Waals surface area contributed by atoms with Crippen molar-refractivity contribution in [3.8, 4) is 0 Å². The molecule has 0 unspecified atom stereocenters. The average Bonchev–Trinajstić information content (AvgIpc) is 2.48. The first kappa shape index (κ1) is 11.9. The van der Waals surface area contributed by atoms with Gasteiger partial charge in [0.05, 0.1) is 6.10 Å². The Morgan fingerprint density at radius 1 is 1.53 bits per heavy atom. The summed E-state index contributed by atoms with van der Waals surface area (Å²) in [5.74, 6) is -0.696. The van der Waals surface area contributed by atoms with Gasteiger partial charge in [-0.25, -0.2) is 0 Å². The van der Waals surface area contributed by atoms with E-state index in [4.69, 9.17) is 10.8 Å². The molecule has 0 radical (unpaired) electrons. The minimum absolute atomic E-state index is 0.204. The summed E-state index contributed by atoms with van der Waals surface area (Å²) in [6.07, 6.45) is -6.64. The predicted molar refractivity (Wildman–Crippen MR) is 42.7 cm³/mol. The van der Waals surface area contributed by atoms with Crippen LogP contribution in [0.3, 0.4) is 0 Å². The molecule has 2 atom stereocenters. The highest BCUT2D eigenvalue weighted by molar-refractivity contribution is 4.94. The molecule has 0 aliphatic rings. The second-order valence-corrected chi connectivity index (χ2v) is 3.11. The van der Waals surface area contributed by atoms with E-state index >= 15 is 0 Å². The Morgan fingerprint density at radius 3 is 2.60 bits per heavy atom. The van der Waals surface area contributed by atoms with E-state index in [0.29, 0.717) is 0 Å². The number of halogens is 3. The Labute approximate surface area is 83.1 Å². The average molecular weight is 225 g/mol. The van der Waals surface area contributed by atoms with Gasteiger partial charge in [0, 0.05) is 0 Å². The van der Waals surface area contributed by atoms with Crippen LogP contribution in [0.15, 0.2) is 4.52 Å². The first-order valence-corrected chi connectivity index (χ1v) is 4.12. The minimum atomic E-state index is -4.39. The van der Waals surface area contributed by atoms with Crippen molar-refractivity contribution < 1.29 is 22.8 Å². The van der Waals surface area contributed by atoms with Crippen LogP contribution in [0.5, 0.6) is 0 Å². The van der Waals surface area contributed by atoms with Crippen LogP contribution in [0.25, 0.3) is 0 Å². The van der Waals surface area contributed by atoms with E-state index in [1.807, 2.05) is 0 Å². The van der Waals surface area contributed by atoms with E-state index in [9.17, 15) is 13.2 Å². The van der Waals surface area contributed by atoms with Gasteiger partial charge < -0.3 is 15.4 Å². The zero-order chi connectivity index (χ0) is 11.6. The summed E-state index contributed by atoms with van der Waals surface area (Å²) < 4.78 is 40.2. The van der Waals surface area contributed by atoms with E-state index in [2.05, 4.69) is 14.7 Å². The van der Waals surface area contributed by atoms with Gasteiger partial charge in [-0.05, 0) is 6.92 Å². The van der Waals surface area contributed by atoms with Crippen LogP contribution in [-0.4, -0.2) is 27.5 Å². The monoisotopic (exact) mass is 225 g/mol. The minimum Gasteiger partial charge on any atom is -0.391 e. The Bertz CT molecular complexity index is 324. The number of aliphatic hydroxyl groups excluding tert-OH is 1. The predicted octanol–water partition coefficient (Wildman–Crippen LogP) is 0.555. The zero-order valence-corrected chi connectivity index (χ0v) is 7.82. The van der Waals surface area contributed by atoms with Crippen LogP contribution in [0.4, 0.5) is 13.2 Å². The molecule has 15 heavy (non-hydrogen) atoms. The molecule has 1 aromatic heterocycles. The first-order valence-electron chi connectivity index (χ1n) is 4.12. The Kier molecular flexibility index (Phi) is 3.30. The normalized spacial score (nSPS) is 16.4. The van der Waals surface area contributed by atoms with Gasteiger partial charge in [-0.3, -0.25) is 0 Å². The lowest BCUT2D eigenvalue weighted by Crippen LogP contribution is -2.23. The molecule has 0 aliphatic heterocycles. The molecular weight excluding hydrogens is 215 g/mol. The fraction of sp³-hybridized carbons (Fsp3) is 0.714. The molecule has 1 heterocycles. The van der Waals surface area contributed by atoms with Crippen LogP contribution < -0.4 is 5.73 Å². The lowest BCUT2D eigenvalue weighted by atomic mass is 10.2. The molecule has 0 fully saturated rings. The maximum absolute atomic E-state index is 11.9. The Balaban J connectivity index is 2.72. The van der Waals surface area contributed by atoms with Crippen LogP contribution in [0.1, 0.15) is 24.7 Å². The highest BCUT2D eigenvalue weighted by Crippen LogP contribution is 2.20. The molecule has 0 aliphatic carbocycles. The van der Waals surface area contributed by atoms with Gasteiger partial charge in [0.2, 0.25) is 5.89 Å². The molecule has 3 N–H and O–H groups in total. The number of alkyl halides is 3. The number of aliphatic hydroxyl groups is 1. The van der Waals surface area contributed by atoms with Gasteiger partial charge in [-0.15, -0.1) is 0 Å². The second-order valence-electron chi connectivity index (χ2n) is 3.11. The maximum atomic E-state index is 11.9. The Morgan fingerprint density at radius 2 is 2.13 bits per heavy atom. The first-order chi connectivity index (χ1) is 6.79. The molecule has 0 bridgehead atoms. The summed E-state index contributed by atoms with van der Waals surface area (Å²) >= 11 is 0. The number of nitrogens with two attached hydrogens (primary N) is 1. The van der Waals surface area contributed by atoms with Crippen LogP contribution in [0, 0.1) is 0 Å². The van der Waals surface area contributed by atoms with Crippen molar-refractivity contribution in [2.75, 3.05) is 0 Å². The lowest BCUT2D eigenvalue weighted by Gasteiger charge is -2.08. The van der Waals surface area contributed by atoms with E-state index in [0.717, 1.165) is 0 Å². The molecule has 1 aromatic rings. The third-order valence-electron chi connectivity index (χ3n) is 1.65. The number of nitrogens with zero attached hydrogens (tertiary/aromatic N) is 2. The molecule has 0 saturated heterocycles. The standard InChI is InChI=1S/C7H10F3N3O2/c1-3(14)5(11)6-12-4(13-15-6)2-7(8,9)10/h3,5,14H,2,11H2,1H3/t3-,5+/m1/s1. The quantitative estimate of drug-likeness (QED) is 0.784. The molecule has 1 rings (SSSR count). The third-order valence-corrected chi connectivity index (χ3v) is 1.65. The van der Waals surface area contributed by atoms with Gasteiger partial charge in [0.25, 0.3) is 0 Å². The topological polar surface area (TPSA) is 85.2 Å². The van der Waals surface area contributed by atoms with Crippen molar-refractivity contribution in [3.05, 3.63) is 11.7 Å². The second kappa shape index (κ2) is 4.15. The van der Waals surface area contributed by atoms with Crippen molar-refractivity contribution in [2.24, 2.45) is 5.73 Å². The van der Waals surface area contributed by atoms with Gasteiger partial charge in [-0.1, -0.05) is 5.16 Å². The van der Waals surface area contributed by atoms with Gasteiger partial charge in [0.15, 0.2) is 5.82 Å². The van der Waals surface area contributed by atoms with Gasteiger partial charge >= 0.3 is 6.18 Å². The van der Waals surface area contributed by atoms with Crippen LogP contribution in [-0.2, 0) is 6.42 Å². The highest BCUT2D eigenvalue weighted by Gasteiger charge is 2.31. The number of rotatable bonds is 3. The number of hydrogen-bond donors (Lipinski definition) is 2. The summed E-state index contributed by atoms with van der Waals surface area (Å²) in [6, 6.07) is -0.973. The van der Waals surface area contributed by atoms with Gasteiger partial charge in [-0.2, -0.15) is 18.2 Å². The summed E-state index contributed by atoms with van der Waals surface area (Å²) in [7, 11) is 0. The van der Waals surface area contributed by atoms with Crippen LogP contribution in [0.2, 0.25) is 0 Å². The molecule has 0 aromatic carbocycles. The molecule has 86 valence electrons. The summed E-state index contributed by atoms with van der Waals surface area (Å²) in [5.41, 5.74) is 5.39. The van der Waals surface area contributed by atoms with Gasteiger partial charge in [0.1, 0.15) is 12.5 Å². The van der Waals surface area contributed by atoms with E-state index < -0.39 is 30.6 Å². The molecular formula is C7H10F3N3O2. The largest absolute Gasteiger partial charge is 0.396 e. The van der Waals surface area contributed by atoms with E-state index in [1.165, 1.54) is 6.92 Å². The van der Waals surface area contributed by atoms with E-state index in [1.54, 1.807) is 0 Å². The SMILES string of the molecule is C[C@@H](O)[C@H](N)c1nc(CC(F)(F)F)no1. The molecule has 0 spiro atoms. The Hall–Kier alpha value is -1.15. The smallest absolute Gasteiger partial charge is 0.391 e. The summed E-state index contributed by atoms with van der Waals surface area (Å²) in [6.45, 7) is 1.37. The van der Waals surface area contributed by atoms with Crippen molar-refractivity contribution in [1.29, 1.82) is 0 Å². The van der Waals surface area contributed by atoms with Crippen molar-refractivity contribution in [3.63, 3.8) is 0 Å². The number of aromatic nitrogens is 2. The summed E-state index contributed by atoms with van der Waals surface area (Å²) in [4.78, 5) is 3.43. The van der Waals surface area contributed by atoms with Crippen molar-refractivity contribution in [2.45, 2.75) is 31.7 Å². The van der Waals surface area contributed by atoms with Crippen molar-refractivity contribution >= 4 is 0 Å². The summed E-state index contributed by atoms with van der Waals surface area (Å²) in [5, 5.41) is 12.1. The molecule has 0 saturated carbocycles. The fourth-order valence-corrected chi connectivity index (χ4v) is 0.860. The lowest BCUT2D eigenvalue weighted by molar-refractivity contribution is -0.128. The fourth-order valence-electron chi connectivity index (χ4n) is 0.860. The van der Waals surface area contributed by atoms with Crippen molar-refractivity contribution in [1.82, 2.24) is 10.1 Å². The van der Waals surface area contributed by atoms with E-state index in [-0.39, 0.29) is 5.89 Å². The third kappa shape index (κ3) is 3.48. The zero-order valence-electron chi connectivity index (χ0n) is 7.82. The maximum Gasteiger partial charge on any atom is 0.396 e. The molecule has 0 amide bonds.